The number of aliphatic imine (C=N–C) groups is 1. The van der Waals surface area contributed by atoms with Crippen molar-refractivity contribution in [3.05, 3.63) is 47.3 Å². The van der Waals surface area contributed by atoms with Gasteiger partial charge in [0.15, 0.2) is 5.96 Å². The number of nitrogens with zero attached hydrogens (tertiary/aromatic N) is 4. The number of carbonyl (C=O) groups excluding carboxylic acids is 1. The molecule has 1 amide bonds. The zero-order valence-corrected chi connectivity index (χ0v) is 21.5. The fourth-order valence-corrected chi connectivity index (χ4v) is 3.73. The summed E-state index contributed by atoms with van der Waals surface area (Å²) in [5.41, 5.74) is 4.28. The van der Waals surface area contributed by atoms with Crippen LogP contribution in [0.2, 0.25) is 0 Å². The van der Waals surface area contributed by atoms with Crippen LogP contribution in [-0.2, 0) is 24.9 Å². The normalized spacial score (nSPS) is 14.1. The quantitative estimate of drug-likeness (QED) is 0.316. The summed E-state index contributed by atoms with van der Waals surface area (Å²) in [6.45, 7) is 5.69. The first-order valence-corrected chi connectivity index (χ1v) is 10.7. The predicted molar refractivity (Wildman–Crippen MR) is 137 cm³/mol. The first-order valence-electron chi connectivity index (χ1n) is 10.7. The first-order chi connectivity index (χ1) is 14.4. The van der Waals surface area contributed by atoms with E-state index in [0.29, 0.717) is 12.5 Å². The molecule has 1 saturated carbocycles. The van der Waals surface area contributed by atoms with Crippen molar-refractivity contribution in [2.75, 3.05) is 19.4 Å². The number of aryl methyl sites for hydroxylation is 1. The topological polar surface area (TPSA) is 74.6 Å². The third kappa shape index (κ3) is 6.69. The fraction of sp³-hybridized carbons (Fsp3) is 0.522. The highest BCUT2D eigenvalue weighted by atomic mass is 127. The van der Waals surface area contributed by atoms with Crippen molar-refractivity contribution in [3.63, 3.8) is 0 Å². The Hall–Kier alpha value is -2.10. The lowest BCUT2D eigenvalue weighted by Crippen LogP contribution is -2.38. The van der Waals surface area contributed by atoms with Gasteiger partial charge in [0, 0.05) is 57.6 Å². The van der Waals surface area contributed by atoms with E-state index in [0.717, 1.165) is 48.7 Å². The molecule has 7 nitrogen and oxygen atoms in total. The maximum absolute atomic E-state index is 12.2. The van der Waals surface area contributed by atoms with Crippen molar-refractivity contribution < 1.29 is 4.79 Å². The van der Waals surface area contributed by atoms with Gasteiger partial charge in [0.1, 0.15) is 0 Å². The maximum atomic E-state index is 12.2. The van der Waals surface area contributed by atoms with Gasteiger partial charge in [-0.3, -0.25) is 14.5 Å². The molecule has 1 aromatic heterocycles. The van der Waals surface area contributed by atoms with E-state index in [1.165, 1.54) is 5.56 Å². The molecular weight excluding hydrogens is 503 g/mol. The van der Waals surface area contributed by atoms with Crippen LogP contribution in [0.15, 0.2) is 35.5 Å². The fourth-order valence-electron chi connectivity index (χ4n) is 3.73. The van der Waals surface area contributed by atoms with Crippen molar-refractivity contribution in [1.29, 1.82) is 0 Å². The number of hydrogen-bond acceptors (Lipinski definition) is 3. The van der Waals surface area contributed by atoms with Gasteiger partial charge in [0.25, 0.3) is 0 Å². The van der Waals surface area contributed by atoms with E-state index in [-0.39, 0.29) is 35.8 Å². The molecule has 8 heteroatoms. The van der Waals surface area contributed by atoms with Gasteiger partial charge >= 0.3 is 0 Å². The molecule has 2 N–H and O–H groups in total. The van der Waals surface area contributed by atoms with Crippen molar-refractivity contribution in [1.82, 2.24) is 20.0 Å². The van der Waals surface area contributed by atoms with Crippen molar-refractivity contribution >= 4 is 41.5 Å². The lowest BCUT2D eigenvalue weighted by Gasteiger charge is -2.24. The second-order valence-electron chi connectivity index (χ2n) is 8.44. The molecular formula is C23H35IN6O. The van der Waals surface area contributed by atoms with Crippen molar-refractivity contribution in [3.8, 4) is 0 Å². The molecule has 0 unspecified atom stereocenters. The second-order valence-corrected chi connectivity index (χ2v) is 8.44. The first kappa shape index (κ1) is 25.2. The lowest BCUT2D eigenvalue weighted by atomic mass is 9.85. The molecule has 0 radical (unpaired) electrons. The van der Waals surface area contributed by atoms with E-state index in [1.54, 1.807) is 7.05 Å². The summed E-state index contributed by atoms with van der Waals surface area (Å²) in [4.78, 5) is 18.7. The van der Waals surface area contributed by atoms with Crippen LogP contribution in [0.4, 0.5) is 5.69 Å². The standard InChI is InChI=1S/C23H34N6O.HI/c1-16(2)21-19(15-29(5)27-21)14-28(4)23(24-3)25-13-17-8-6-11-20(12-17)26-22(30)18-9-7-10-18;/h6,8,11-12,15-16,18H,7,9-10,13-14H2,1-5H3,(H,24,25)(H,26,30);1H. The van der Waals surface area contributed by atoms with Gasteiger partial charge in [-0.1, -0.05) is 32.4 Å². The lowest BCUT2D eigenvalue weighted by molar-refractivity contribution is -0.122. The average Bonchev–Trinajstić information content (AvgIpc) is 3.01. The van der Waals surface area contributed by atoms with Crippen molar-refractivity contribution in [2.24, 2.45) is 18.0 Å². The molecule has 2 aromatic rings. The number of guanidine groups is 1. The molecule has 31 heavy (non-hydrogen) atoms. The Bertz CT molecular complexity index is 903. The molecule has 0 saturated heterocycles. The number of rotatable bonds is 7. The Morgan fingerprint density at radius 1 is 1.35 bits per heavy atom. The van der Waals surface area contributed by atoms with Gasteiger partial charge in [0.05, 0.1) is 5.69 Å². The summed E-state index contributed by atoms with van der Waals surface area (Å²) in [5.74, 6) is 1.52. The van der Waals surface area contributed by atoms with Crippen LogP contribution in [0.5, 0.6) is 0 Å². The smallest absolute Gasteiger partial charge is 0.227 e. The molecule has 0 spiro atoms. The number of hydrogen-bond donors (Lipinski definition) is 2. The van der Waals surface area contributed by atoms with Gasteiger partial charge in [-0.05, 0) is 36.5 Å². The van der Waals surface area contributed by atoms with Crippen LogP contribution in [-0.4, -0.2) is 40.6 Å². The Balaban J connectivity index is 0.00000341. The van der Waals surface area contributed by atoms with Crippen LogP contribution in [0, 0.1) is 5.92 Å². The third-order valence-corrected chi connectivity index (χ3v) is 5.59. The zero-order chi connectivity index (χ0) is 21.7. The van der Waals surface area contributed by atoms with E-state index in [2.05, 4.69) is 51.7 Å². The zero-order valence-electron chi connectivity index (χ0n) is 19.2. The van der Waals surface area contributed by atoms with Crippen LogP contribution < -0.4 is 10.6 Å². The molecule has 1 aromatic carbocycles. The van der Waals surface area contributed by atoms with Gasteiger partial charge in [0.2, 0.25) is 5.91 Å². The number of aromatic nitrogens is 2. The van der Waals surface area contributed by atoms with Crippen LogP contribution in [0.25, 0.3) is 0 Å². The van der Waals surface area contributed by atoms with Gasteiger partial charge in [-0.15, -0.1) is 24.0 Å². The summed E-state index contributed by atoms with van der Waals surface area (Å²) < 4.78 is 1.87. The molecule has 3 rings (SSSR count). The highest BCUT2D eigenvalue weighted by Gasteiger charge is 2.25. The summed E-state index contributed by atoms with van der Waals surface area (Å²) in [7, 11) is 5.78. The van der Waals surface area contributed by atoms with E-state index in [4.69, 9.17) is 0 Å². The summed E-state index contributed by atoms with van der Waals surface area (Å²) >= 11 is 0. The number of carbonyl (C=O) groups is 1. The highest BCUT2D eigenvalue weighted by Crippen LogP contribution is 2.27. The van der Waals surface area contributed by atoms with E-state index in [9.17, 15) is 4.79 Å². The minimum atomic E-state index is 0. The molecule has 0 atom stereocenters. The largest absolute Gasteiger partial charge is 0.352 e. The summed E-state index contributed by atoms with van der Waals surface area (Å²) in [6.07, 6.45) is 5.25. The van der Waals surface area contributed by atoms with Crippen LogP contribution >= 0.6 is 24.0 Å². The third-order valence-electron chi connectivity index (χ3n) is 5.59. The monoisotopic (exact) mass is 538 g/mol. The summed E-state index contributed by atoms with van der Waals surface area (Å²) in [6, 6.07) is 7.99. The van der Waals surface area contributed by atoms with Gasteiger partial charge in [-0.2, -0.15) is 5.10 Å². The number of benzene rings is 1. The van der Waals surface area contributed by atoms with Gasteiger partial charge in [-0.25, -0.2) is 0 Å². The Labute approximate surface area is 202 Å². The molecule has 1 heterocycles. The highest BCUT2D eigenvalue weighted by molar-refractivity contribution is 14.0. The van der Waals surface area contributed by atoms with Crippen LogP contribution in [0.1, 0.15) is 55.8 Å². The summed E-state index contributed by atoms with van der Waals surface area (Å²) in [5, 5.41) is 11.1. The Kier molecular flexibility index (Phi) is 9.33. The molecule has 170 valence electrons. The number of amides is 1. The van der Waals surface area contributed by atoms with E-state index in [1.807, 2.05) is 37.0 Å². The number of anilines is 1. The average molecular weight is 538 g/mol. The molecule has 0 aliphatic heterocycles. The molecule has 0 bridgehead atoms. The molecule has 1 fully saturated rings. The predicted octanol–water partition coefficient (Wildman–Crippen LogP) is 4.11. The van der Waals surface area contributed by atoms with E-state index >= 15 is 0 Å². The molecule has 1 aliphatic carbocycles. The van der Waals surface area contributed by atoms with Gasteiger partial charge < -0.3 is 15.5 Å². The minimum Gasteiger partial charge on any atom is -0.352 e. The SMILES string of the molecule is CN=C(NCc1cccc(NC(=O)C2CCC2)c1)N(C)Cc1cn(C)nc1C(C)C.I. The minimum absolute atomic E-state index is 0. The van der Waals surface area contributed by atoms with Crippen LogP contribution in [0.3, 0.4) is 0 Å². The Morgan fingerprint density at radius 3 is 2.71 bits per heavy atom. The molecule has 1 aliphatic rings. The maximum Gasteiger partial charge on any atom is 0.227 e. The number of nitrogens with one attached hydrogen (secondary N) is 2. The second kappa shape index (κ2) is 11.5. The van der Waals surface area contributed by atoms with E-state index < -0.39 is 0 Å². The number of halogens is 1. The van der Waals surface area contributed by atoms with Crippen molar-refractivity contribution in [2.45, 2.75) is 52.1 Å². The Morgan fingerprint density at radius 2 is 2.10 bits per heavy atom.